The fourth-order valence-corrected chi connectivity index (χ4v) is 7.51. The molecule has 0 nitrogen and oxygen atoms in total. The summed E-state index contributed by atoms with van der Waals surface area (Å²) in [5.74, 6) is 0. The molecule has 0 aliphatic heterocycles. The van der Waals surface area contributed by atoms with Gasteiger partial charge in [-0.05, 0) is 90.3 Å². The average molecular weight is 574 g/mol. The summed E-state index contributed by atoms with van der Waals surface area (Å²) < 4.78 is 2.22. The van der Waals surface area contributed by atoms with E-state index in [1.807, 2.05) is 0 Å². The Morgan fingerprint density at radius 1 is 0.429 bits per heavy atom. The van der Waals surface area contributed by atoms with Crippen LogP contribution < -0.4 is 0 Å². The van der Waals surface area contributed by atoms with Gasteiger partial charge in [0.15, 0.2) is 0 Å². The molecule has 0 N–H and O–H groups in total. The summed E-state index contributed by atoms with van der Waals surface area (Å²) in [6.07, 6.45) is 0. The molecule has 2 aliphatic rings. The van der Waals surface area contributed by atoms with Crippen molar-refractivity contribution in [2.45, 2.75) is 5.41 Å². The molecular weight excluding hydrogens is 556 g/mol. The second-order valence-corrected chi connectivity index (χ2v) is 11.4. The summed E-state index contributed by atoms with van der Waals surface area (Å²) in [5.41, 5.74) is 10.6. The van der Waals surface area contributed by atoms with Crippen LogP contribution in [0.4, 0.5) is 0 Å². The Morgan fingerprint density at radius 2 is 0.886 bits per heavy atom. The zero-order chi connectivity index (χ0) is 23.3. The number of hydrogen-bond acceptors (Lipinski definition) is 0. The van der Waals surface area contributed by atoms with E-state index in [1.165, 1.54) is 66.1 Å². The maximum atomic E-state index is 3.70. The van der Waals surface area contributed by atoms with Crippen LogP contribution in [0.2, 0.25) is 0 Å². The van der Waals surface area contributed by atoms with Crippen LogP contribution in [-0.2, 0) is 5.41 Å². The van der Waals surface area contributed by atoms with Crippen molar-refractivity contribution in [3.8, 4) is 22.3 Å². The van der Waals surface area contributed by atoms with E-state index in [1.54, 1.807) is 0 Å². The van der Waals surface area contributed by atoms with Gasteiger partial charge in [0, 0.05) is 8.95 Å². The third-order valence-electron chi connectivity index (χ3n) is 7.96. The predicted octanol–water partition coefficient (Wildman–Crippen LogP) is 9.86. The second kappa shape index (κ2) is 6.94. The largest absolute Gasteiger partial charge is 0.0737 e. The first-order valence-electron chi connectivity index (χ1n) is 11.8. The molecule has 0 aromatic heterocycles. The molecule has 0 amide bonds. The molecule has 2 heteroatoms. The molecule has 0 saturated carbocycles. The highest BCUT2D eigenvalue weighted by Gasteiger charge is 2.53. The summed E-state index contributed by atoms with van der Waals surface area (Å²) in [7, 11) is 0. The third-order valence-corrected chi connectivity index (χ3v) is 8.94. The molecular formula is C33H18Br2. The molecule has 0 radical (unpaired) electrons. The van der Waals surface area contributed by atoms with Crippen LogP contribution in [-0.4, -0.2) is 0 Å². The van der Waals surface area contributed by atoms with Crippen molar-refractivity contribution in [1.82, 2.24) is 0 Å². The minimum Gasteiger partial charge on any atom is -0.0619 e. The van der Waals surface area contributed by atoms with E-state index in [4.69, 9.17) is 0 Å². The predicted molar refractivity (Wildman–Crippen MR) is 153 cm³/mol. The van der Waals surface area contributed by atoms with Gasteiger partial charge < -0.3 is 0 Å². The first kappa shape index (κ1) is 20.0. The van der Waals surface area contributed by atoms with Crippen LogP contribution in [0.3, 0.4) is 0 Å². The van der Waals surface area contributed by atoms with Gasteiger partial charge in [-0.2, -0.15) is 0 Å². The Bertz CT molecular complexity index is 1740. The Hall–Kier alpha value is -3.20. The van der Waals surface area contributed by atoms with Gasteiger partial charge in [0.25, 0.3) is 0 Å². The third kappa shape index (κ3) is 2.42. The zero-order valence-electron chi connectivity index (χ0n) is 18.6. The smallest absolute Gasteiger partial charge is 0.0619 e. The topological polar surface area (TPSA) is 0 Å². The summed E-state index contributed by atoms with van der Waals surface area (Å²) in [6, 6.07) is 40.7. The van der Waals surface area contributed by atoms with E-state index >= 15 is 0 Å². The lowest BCUT2D eigenvalue weighted by molar-refractivity contribution is 0.809. The summed E-state index contributed by atoms with van der Waals surface area (Å²) in [5, 5.41) is 5.16. The highest BCUT2D eigenvalue weighted by Crippen LogP contribution is 2.65. The second-order valence-electron chi connectivity index (χ2n) is 9.55. The van der Waals surface area contributed by atoms with Gasteiger partial charge in [-0.15, -0.1) is 0 Å². The number of rotatable bonds is 0. The lowest BCUT2D eigenvalue weighted by atomic mass is 9.68. The number of halogens is 2. The Balaban J connectivity index is 1.68. The highest BCUT2D eigenvalue weighted by atomic mass is 79.9. The van der Waals surface area contributed by atoms with E-state index in [0.29, 0.717) is 0 Å². The SMILES string of the molecule is Brc1ccc2c3c(ccc2c1)-c1ccc2cc(Br)ccc2c1C31c2ccccc2-c2ccccc21. The molecule has 8 rings (SSSR count). The maximum absolute atomic E-state index is 3.70. The number of benzene rings is 6. The van der Waals surface area contributed by atoms with E-state index in [2.05, 4.69) is 141 Å². The molecule has 2 aliphatic carbocycles. The van der Waals surface area contributed by atoms with Crippen molar-refractivity contribution >= 4 is 53.4 Å². The lowest BCUT2D eigenvalue weighted by Crippen LogP contribution is -2.26. The van der Waals surface area contributed by atoms with Crippen molar-refractivity contribution in [2.75, 3.05) is 0 Å². The van der Waals surface area contributed by atoms with Crippen LogP contribution in [0.5, 0.6) is 0 Å². The Labute approximate surface area is 220 Å². The minimum atomic E-state index is -0.363. The summed E-state index contributed by atoms with van der Waals surface area (Å²) >= 11 is 7.41. The summed E-state index contributed by atoms with van der Waals surface area (Å²) in [6.45, 7) is 0. The molecule has 35 heavy (non-hydrogen) atoms. The van der Waals surface area contributed by atoms with Crippen molar-refractivity contribution in [1.29, 1.82) is 0 Å². The van der Waals surface area contributed by atoms with Crippen molar-refractivity contribution in [3.63, 3.8) is 0 Å². The molecule has 0 bridgehead atoms. The van der Waals surface area contributed by atoms with E-state index in [-0.39, 0.29) is 5.41 Å². The van der Waals surface area contributed by atoms with Gasteiger partial charge >= 0.3 is 0 Å². The maximum Gasteiger partial charge on any atom is 0.0737 e. The minimum absolute atomic E-state index is 0.363. The Kier molecular flexibility index (Phi) is 3.97. The van der Waals surface area contributed by atoms with Crippen LogP contribution in [0.15, 0.2) is 118 Å². The van der Waals surface area contributed by atoms with Crippen molar-refractivity contribution in [2.24, 2.45) is 0 Å². The lowest BCUT2D eigenvalue weighted by Gasteiger charge is -2.32. The zero-order valence-corrected chi connectivity index (χ0v) is 21.8. The van der Waals surface area contributed by atoms with Crippen LogP contribution >= 0.6 is 31.9 Å². The first-order valence-corrected chi connectivity index (χ1v) is 13.4. The molecule has 164 valence electrons. The standard InChI is InChI=1S/C33H18Br2/c34-21-11-15-23-19(17-21)9-13-27-28-14-10-20-18-22(35)12-16-24(20)32(28)33(31(23)27)29-7-3-1-5-25(29)26-6-2-4-8-30(26)33/h1-18H. The molecule has 0 heterocycles. The van der Waals surface area contributed by atoms with Gasteiger partial charge in [-0.3, -0.25) is 0 Å². The van der Waals surface area contributed by atoms with Gasteiger partial charge in [0.05, 0.1) is 5.41 Å². The number of fused-ring (bicyclic) bond motifs is 14. The monoisotopic (exact) mass is 572 g/mol. The van der Waals surface area contributed by atoms with Gasteiger partial charge in [0.1, 0.15) is 0 Å². The molecule has 0 unspecified atom stereocenters. The van der Waals surface area contributed by atoms with E-state index in [9.17, 15) is 0 Å². The molecule has 0 fully saturated rings. The molecule has 6 aromatic rings. The highest BCUT2D eigenvalue weighted by molar-refractivity contribution is 9.10. The quantitative estimate of drug-likeness (QED) is 0.169. The normalized spacial score (nSPS) is 14.2. The van der Waals surface area contributed by atoms with Gasteiger partial charge in [-0.25, -0.2) is 0 Å². The van der Waals surface area contributed by atoms with Crippen molar-refractivity contribution in [3.05, 3.63) is 140 Å². The van der Waals surface area contributed by atoms with E-state index < -0.39 is 0 Å². The van der Waals surface area contributed by atoms with Crippen LogP contribution in [0.25, 0.3) is 43.8 Å². The van der Waals surface area contributed by atoms with E-state index in [0.717, 1.165) is 8.95 Å². The molecule has 6 aromatic carbocycles. The average Bonchev–Trinajstić information content (AvgIpc) is 3.35. The van der Waals surface area contributed by atoms with Gasteiger partial charge in [-0.1, -0.05) is 117 Å². The van der Waals surface area contributed by atoms with Gasteiger partial charge in [0.2, 0.25) is 0 Å². The summed E-state index contributed by atoms with van der Waals surface area (Å²) in [4.78, 5) is 0. The Morgan fingerprint density at radius 3 is 1.37 bits per heavy atom. The fourth-order valence-electron chi connectivity index (χ4n) is 6.76. The number of hydrogen-bond donors (Lipinski definition) is 0. The van der Waals surface area contributed by atoms with Crippen LogP contribution in [0, 0.1) is 0 Å². The first-order chi connectivity index (χ1) is 17.2. The molecule has 0 atom stereocenters. The molecule has 0 saturated heterocycles. The molecule has 1 spiro atoms. The van der Waals surface area contributed by atoms with Crippen LogP contribution in [0.1, 0.15) is 22.3 Å². The fraction of sp³-hybridized carbons (Fsp3) is 0.0303. The van der Waals surface area contributed by atoms with Crippen molar-refractivity contribution < 1.29 is 0 Å².